The van der Waals surface area contributed by atoms with Crippen LogP contribution in [0.15, 0.2) is 54.6 Å². The molecule has 2 amide bonds. The Balaban J connectivity index is 1.30. The van der Waals surface area contributed by atoms with Gasteiger partial charge in [0.05, 0.1) is 19.3 Å². The van der Waals surface area contributed by atoms with Crippen molar-refractivity contribution in [2.75, 3.05) is 18.5 Å². The van der Waals surface area contributed by atoms with Crippen molar-refractivity contribution in [2.45, 2.75) is 44.1 Å². The van der Waals surface area contributed by atoms with Crippen molar-refractivity contribution in [1.29, 1.82) is 0 Å². The van der Waals surface area contributed by atoms with E-state index in [4.69, 9.17) is 14.2 Å². The summed E-state index contributed by atoms with van der Waals surface area (Å²) in [4.78, 5) is 24.7. The second-order valence-corrected chi connectivity index (χ2v) is 7.89. The molecule has 0 radical (unpaired) electrons. The predicted octanol–water partition coefficient (Wildman–Crippen LogP) is 3.32. The minimum Gasteiger partial charge on any atom is -0.441 e. The normalized spacial score (nSPS) is 25.0. The number of benzene rings is 2. The highest BCUT2D eigenvalue weighted by atomic mass is 16.6. The third-order valence-corrected chi connectivity index (χ3v) is 5.44. The number of amides is 2. The van der Waals surface area contributed by atoms with Crippen LogP contribution in [-0.2, 0) is 14.2 Å². The molecule has 0 unspecified atom stereocenters. The van der Waals surface area contributed by atoms with Crippen molar-refractivity contribution in [1.82, 2.24) is 5.32 Å². The van der Waals surface area contributed by atoms with Crippen LogP contribution in [0.5, 0.6) is 0 Å². The van der Waals surface area contributed by atoms with Gasteiger partial charge in [-0.25, -0.2) is 4.79 Å². The minimum absolute atomic E-state index is 0.180. The van der Waals surface area contributed by atoms with Crippen molar-refractivity contribution in [3.05, 3.63) is 65.7 Å². The Labute approximate surface area is 175 Å². The standard InChI is InChI=1S/C23H26N2O5/c1-14(2)15-8-10-17(11-9-15)24-23(27)30-19-13-29-20-18(12-28-21(19)20)25-22(26)16-6-4-3-5-7-16/h3-11,14,18-21H,12-13H2,1-2H3,(H,24,27)(H,25,26)/t18-,19-,20-,21+/m0/s1. The van der Waals surface area contributed by atoms with Gasteiger partial charge in [0.25, 0.3) is 5.91 Å². The molecule has 2 saturated heterocycles. The second-order valence-electron chi connectivity index (χ2n) is 7.89. The largest absolute Gasteiger partial charge is 0.441 e. The van der Waals surface area contributed by atoms with E-state index in [0.717, 1.165) is 0 Å². The molecular formula is C23H26N2O5. The molecule has 158 valence electrons. The Kier molecular flexibility index (Phi) is 6.01. The van der Waals surface area contributed by atoms with Gasteiger partial charge in [-0.05, 0) is 35.7 Å². The number of carbonyl (C=O) groups is 2. The molecule has 2 N–H and O–H groups in total. The van der Waals surface area contributed by atoms with Crippen LogP contribution in [-0.4, -0.2) is 49.6 Å². The van der Waals surface area contributed by atoms with Gasteiger partial charge in [-0.3, -0.25) is 10.1 Å². The molecule has 0 bridgehead atoms. The number of fused-ring (bicyclic) bond motifs is 1. The van der Waals surface area contributed by atoms with E-state index in [9.17, 15) is 9.59 Å². The van der Waals surface area contributed by atoms with Crippen molar-refractivity contribution in [2.24, 2.45) is 0 Å². The lowest BCUT2D eigenvalue weighted by atomic mass is 10.0. The number of rotatable bonds is 5. The first-order chi connectivity index (χ1) is 14.5. The second kappa shape index (κ2) is 8.85. The van der Waals surface area contributed by atoms with E-state index in [1.807, 2.05) is 42.5 Å². The maximum Gasteiger partial charge on any atom is 0.412 e. The molecule has 0 aromatic heterocycles. The van der Waals surface area contributed by atoms with E-state index in [1.165, 1.54) is 5.56 Å². The summed E-state index contributed by atoms with van der Waals surface area (Å²) in [5, 5.41) is 5.69. The summed E-state index contributed by atoms with van der Waals surface area (Å²) in [5.74, 6) is 0.244. The fourth-order valence-corrected chi connectivity index (χ4v) is 3.77. The highest BCUT2D eigenvalue weighted by Crippen LogP contribution is 2.29. The van der Waals surface area contributed by atoms with Crippen molar-refractivity contribution in [3.8, 4) is 0 Å². The van der Waals surface area contributed by atoms with Crippen LogP contribution in [0.2, 0.25) is 0 Å². The third kappa shape index (κ3) is 4.47. The summed E-state index contributed by atoms with van der Waals surface area (Å²) >= 11 is 0. The quantitative estimate of drug-likeness (QED) is 0.790. The molecule has 2 heterocycles. The molecule has 0 aliphatic carbocycles. The zero-order chi connectivity index (χ0) is 21.1. The zero-order valence-electron chi connectivity index (χ0n) is 17.0. The van der Waals surface area contributed by atoms with Gasteiger partial charge < -0.3 is 19.5 Å². The Hall–Kier alpha value is -2.90. The molecule has 2 fully saturated rings. The van der Waals surface area contributed by atoms with E-state index < -0.39 is 18.3 Å². The topological polar surface area (TPSA) is 85.9 Å². The first-order valence-electron chi connectivity index (χ1n) is 10.2. The monoisotopic (exact) mass is 410 g/mol. The van der Waals surface area contributed by atoms with Gasteiger partial charge in [0, 0.05) is 11.3 Å². The number of hydrogen-bond acceptors (Lipinski definition) is 5. The van der Waals surface area contributed by atoms with Crippen LogP contribution in [0.4, 0.5) is 10.5 Å². The van der Waals surface area contributed by atoms with Gasteiger partial charge in [0.2, 0.25) is 0 Å². The average Bonchev–Trinajstić information content (AvgIpc) is 3.32. The molecule has 0 saturated carbocycles. The smallest absolute Gasteiger partial charge is 0.412 e. The summed E-state index contributed by atoms with van der Waals surface area (Å²) in [5.41, 5.74) is 2.44. The number of carbonyl (C=O) groups excluding carboxylic acids is 2. The van der Waals surface area contributed by atoms with Gasteiger partial charge in [-0.15, -0.1) is 0 Å². The van der Waals surface area contributed by atoms with E-state index in [0.29, 0.717) is 23.8 Å². The molecule has 2 aromatic carbocycles. The van der Waals surface area contributed by atoms with Crippen LogP contribution in [0.25, 0.3) is 0 Å². The highest BCUT2D eigenvalue weighted by Gasteiger charge is 2.50. The van der Waals surface area contributed by atoms with Gasteiger partial charge in [0.1, 0.15) is 12.2 Å². The lowest BCUT2D eigenvalue weighted by Gasteiger charge is -2.18. The fraction of sp³-hybridized carbons (Fsp3) is 0.391. The lowest BCUT2D eigenvalue weighted by molar-refractivity contribution is 0.00862. The predicted molar refractivity (Wildman–Crippen MR) is 112 cm³/mol. The Morgan fingerprint density at radius 3 is 2.37 bits per heavy atom. The Bertz CT molecular complexity index is 884. The van der Waals surface area contributed by atoms with Crippen LogP contribution < -0.4 is 10.6 Å². The number of nitrogens with one attached hydrogen (secondary N) is 2. The minimum atomic E-state index is -0.554. The summed E-state index contributed by atoms with van der Waals surface area (Å²) < 4.78 is 17.1. The van der Waals surface area contributed by atoms with Crippen LogP contribution in [0.3, 0.4) is 0 Å². The van der Waals surface area contributed by atoms with E-state index in [2.05, 4.69) is 24.5 Å². The Morgan fingerprint density at radius 1 is 0.967 bits per heavy atom. The molecule has 4 atom stereocenters. The van der Waals surface area contributed by atoms with E-state index >= 15 is 0 Å². The molecule has 7 heteroatoms. The van der Waals surface area contributed by atoms with Crippen LogP contribution in [0.1, 0.15) is 35.7 Å². The maximum atomic E-state index is 12.4. The lowest BCUT2D eigenvalue weighted by Crippen LogP contribution is -2.44. The summed E-state index contributed by atoms with van der Waals surface area (Å²) in [6, 6.07) is 16.4. The molecule has 2 aliphatic rings. The van der Waals surface area contributed by atoms with Gasteiger partial charge in [0.15, 0.2) is 6.10 Å². The van der Waals surface area contributed by atoms with Crippen LogP contribution in [0, 0.1) is 0 Å². The number of ether oxygens (including phenoxy) is 3. The summed E-state index contributed by atoms with van der Waals surface area (Å²) in [6.07, 6.45) is -1.83. The maximum absolute atomic E-state index is 12.4. The van der Waals surface area contributed by atoms with Crippen molar-refractivity contribution >= 4 is 17.7 Å². The third-order valence-electron chi connectivity index (χ3n) is 5.44. The fourth-order valence-electron chi connectivity index (χ4n) is 3.77. The number of anilines is 1. The SMILES string of the molecule is CC(C)c1ccc(NC(=O)O[C@H]2CO[C@@H]3[C@@H]2OC[C@@H]3NC(=O)c2ccccc2)cc1. The highest BCUT2D eigenvalue weighted by molar-refractivity contribution is 5.94. The van der Waals surface area contributed by atoms with Gasteiger partial charge in [-0.1, -0.05) is 44.2 Å². The Morgan fingerprint density at radius 2 is 1.67 bits per heavy atom. The molecule has 4 rings (SSSR count). The van der Waals surface area contributed by atoms with Crippen molar-refractivity contribution < 1.29 is 23.8 Å². The molecule has 2 aromatic rings. The van der Waals surface area contributed by atoms with Gasteiger partial charge >= 0.3 is 6.09 Å². The molecule has 7 nitrogen and oxygen atoms in total. The zero-order valence-corrected chi connectivity index (χ0v) is 17.0. The molecular weight excluding hydrogens is 384 g/mol. The van der Waals surface area contributed by atoms with E-state index in [-0.39, 0.29) is 24.7 Å². The van der Waals surface area contributed by atoms with Gasteiger partial charge in [-0.2, -0.15) is 0 Å². The average molecular weight is 410 g/mol. The van der Waals surface area contributed by atoms with Crippen LogP contribution >= 0.6 is 0 Å². The van der Waals surface area contributed by atoms with Crippen molar-refractivity contribution in [3.63, 3.8) is 0 Å². The summed E-state index contributed by atoms with van der Waals surface area (Å²) in [6.45, 7) is 4.77. The summed E-state index contributed by atoms with van der Waals surface area (Å²) in [7, 11) is 0. The number of hydrogen-bond donors (Lipinski definition) is 2. The molecule has 0 spiro atoms. The van der Waals surface area contributed by atoms with E-state index in [1.54, 1.807) is 12.1 Å². The molecule has 30 heavy (non-hydrogen) atoms. The first kappa shape index (κ1) is 20.4. The first-order valence-corrected chi connectivity index (χ1v) is 10.2. The molecule has 2 aliphatic heterocycles.